The molecule has 3 heterocycles. The lowest BCUT2D eigenvalue weighted by atomic mass is 10.2. The van der Waals surface area contributed by atoms with E-state index >= 15 is 0 Å². The average Bonchev–Trinajstić information content (AvgIpc) is 3.11. The number of hydrogen-bond acceptors (Lipinski definition) is 3. The van der Waals surface area contributed by atoms with E-state index in [2.05, 4.69) is 15.1 Å². The lowest BCUT2D eigenvalue weighted by Crippen LogP contribution is -2.02. The van der Waals surface area contributed by atoms with Crippen molar-refractivity contribution in [2.75, 3.05) is 0 Å². The maximum absolute atomic E-state index is 6.06. The second kappa shape index (κ2) is 5.52. The summed E-state index contributed by atoms with van der Waals surface area (Å²) in [6.45, 7) is 2.60. The van der Waals surface area contributed by atoms with E-state index in [4.69, 9.17) is 16.6 Å². The normalized spacial score (nSPS) is 11.2. The Balaban J connectivity index is 1.77. The molecule has 0 fully saturated rings. The number of rotatable bonds is 3. The second-order valence-corrected chi connectivity index (χ2v) is 5.84. The first-order valence-corrected chi connectivity index (χ1v) is 7.66. The fraction of sp³-hybridized carbons (Fsp3) is 0.118. The van der Waals surface area contributed by atoms with Crippen molar-refractivity contribution in [3.63, 3.8) is 0 Å². The van der Waals surface area contributed by atoms with Gasteiger partial charge < -0.3 is 4.98 Å². The molecule has 0 aliphatic carbocycles. The maximum atomic E-state index is 6.06. The number of benzene rings is 1. The summed E-state index contributed by atoms with van der Waals surface area (Å²) >= 11 is 6.06. The molecule has 0 unspecified atom stereocenters. The number of aromatic amines is 1. The number of aromatic nitrogens is 5. The Labute approximate surface area is 138 Å². The molecule has 0 saturated carbocycles. The molecule has 23 heavy (non-hydrogen) atoms. The molecule has 5 nitrogen and oxygen atoms in total. The summed E-state index contributed by atoms with van der Waals surface area (Å²) in [6, 6.07) is 11.7. The molecule has 0 spiro atoms. The maximum Gasteiger partial charge on any atom is 0.177 e. The predicted octanol–water partition coefficient (Wildman–Crippen LogP) is 3.83. The highest BCUT2D eigenvalue weighted by Crippen LogP contribution is 2.23. The lowest BCUT2D eigenvalue weighted by Gasteiger charge is -2.03. The Hall–Kier alpha value is -2.66. The molecule has 0 amide bonds. The van der Waals surface area contributed by atoms with Crippen LogP contribution in [0.25, 0.3) is 22.6 Å². The number of halogens is 1. The summed E-state index contributed by atoms with van der Waals surface area (Å²) in [4.78, 5) is 12.2. The first kappa shape index (κ1) is 14.0. The minimum atomic E-state index is 0.627. The van der Waals surface area contributed by atoms with E-state index in [9.17, 15) is 0 Å². The van der Waals surface area contributed by atoms with Gasteiger partial charge >= 0.3 is 0 Å². The van der Waals surface area contributed by atoms with Gasteiger partial charge in [-0.1, -0.05) is 23.7 Å². The third kappa shape index (κ3) is 2.59. The van der Waals surface area contributed by atoms with Crippen LogP contribution >= 0.6 is 11.6 Å². The summed E-state index contributed by atoms with van der Waals surface area (Å²) in [6.07, 6.45) is 3.54. The monoisotopic (exact) mass is 323 g/mol. The SMILES string of the molecule is Cc1nn(Cc2cccc(Cl)c2)c2nc(-c3cccnc3)[nH]c12. The number of aryl methyl sites for hydroxylation is 1. The summed E-state index contributed by atoms with van der Waals surface area (Å²) in [5.74, 6) is 0.799. The molecule has 114 valence electrons. The molecule has 4 aromatic rings. The van der Waals surface area contributed by atoms with Crippen LogP contribution in [0.3, 0.4) is 0 Å². The first-order chi connectivity index (χ1) is 11.2. The first-order valence-electron chi connectivity index (χ1n) is 7.28. The molecule has 0 saturated heterocycles. The van der Waals surface area contributed by atoms with Crippen molar-refractivity contribution in [1.82, 2.24) is 24.7 Å². The molecule has 4 rings (SSSR count). The zero-order chi connectivity index (χ0) is 15.8. The van der Waals surface area contributed by atoms with E-state index in [1.807, 2.05) is 48.0 Å². The quantitative estimate of drug-likeness (QED) is 0.623. The van der Waals surface area contributed by atoms with Crippen molar-refractivity contribution in [3.05, 3.63) is 65.1 Å². The molecule has 3 aromatic heterocycles. The van der Waals surface area contributed by atoms with Gasteiger partial charge in [0.15, 0.2) is 5.65 Å². The highest BCUT2D eigenvalue weighted by molar-refractivity contribution is 6.30. The number of nitrogens with zero attached hydrogens (tertiary/aromatic N) is 4. The summed E-state index contributed by atoms with van der Waals surface area (Å²) in [7, 11) is 0. The van der Waals surface area contributed by atoms with Gasteiger partial charge in [0.1, 0.15) is 11.3 Å². The number of fused-ring (bicyclic) bond motifs is 1. The Kier molecular flexibility index (Phi) is 3.35. The minimum absolute atomic E-state index is 0.627. The highest BCUT2D eigenvalue weighted by atomic mass is 35.5. The molecule has 6 heteroatoms. The van der Waals surface area contributed by atoms with Crippen LogP contribution in [-0.2, 0) is 6.54 Å². The van der Waals surface area contributed by atoms with Gasteiger partial charge in [0.25, 0.3) is 0 Å². The zero-order valence-corrected chi connectivity index (χ0v) is 13.2. The summed E-state index contributed by atoms with van der Waals surface area (Å²) in [5, 5.41) is 5.30. The van der Waals surface area contributed by atoms with E-state index in [-0.39, 0.29) is 0 Å². The molecule has 1 aromatic carbocycles. The van der Waals surface area contributed by atoms with Crippen molar-refractivity contribution < 1.29 is 0 Å². The van der Waals surface area contributed by atoms with Gasteiger partial charge in [-0.15, -0.1) is 0 Å². The van der Waals surface area contributed by atoms with Crippen LogP contribution in [0.15, 0.2) is 48.8 Å². The fourth-order valence-electron chi connectivity index (χ4n) is 2.64. The van der Waals surface area contributed by atoms with Crippen LogP contribution in [-0.4, -0.2) is 24.7 Å². The van der Waals surface area contributed by atoms with Crippen molar-refractivity contribution in [2.45, 2.75) is 13.5 Å². The third-order valence-electron chi connectivity index (χ3n) is 3.72. The van der Waals surface area contributed by atoms with Gasteiger partial charge in [-0.3, -0.25) is 4.98 Å². The Morgan fingerprint density at radius 3 is 2.91 bits per heavy atom. The highest BCUT2D eigenvalue weighted by Gasteiger charge is 2.14. The molecular weight excluding hydrogens is 310 g/mol. The van der Waals surface area contributed by atoms with Crippen molar-refractivity contribution in [2.24, 2.45) is 0 Å². The number of hydrogen-bond donors (Lipinski definition) is 1. The number of imidazole rings is 1. The van der Waals surface area contributed by atoms with Gasteiger partial charge in [-0.25, -0.2) is 9.67 Å². The fourth-order valence-corrected chi connectivity index (χ4v) is 2.85. The predicted molar refractivity (Wildman–Crippen MR) is 90.4 cm³/mol. The van der Waals surface area contributed by atoms with E-state index < -0.39 is 0 Å². The zero-order valence-electron chi connectivity index (χ0n) is 12.5. The Bertz CT molecular complexity index is 971. The number of nitrogens with one attached hydrogen (secondary N) is 1. The van der Waals surface area contributed by atoms with Gasteiger partial charge in [0.05, 0.1) is 12.2 Å². The van der Waals surface area contributed by atoms with Crippen molar-refractivity contribution in [1.29, 1.82) is 0 Å². The molecular formula is C17H14ClN5. The molecule has 0 atom stereocenters. The Morgan fingerprint density at radius 2 is 2.13 bits per heavy atom. The minimum Gasteiger partial charge on any atom is -0.335 e. The van der Waals surface area contributed by atoms with Crippen LogP contribution in [0.2, 0.25) is 5.02 Å². The van der Waals surface area contributed by atoms with Gasteiger partial charge in [-0.2, -0.15) is 5.10 Å². The van der Waals surface area contributed by atoms with Crippen LogP contribution in [0, 0.1) is 6.92 Å². The van der Waals surface area contributed by atoms with Crippen LogP contribution < -0.4 is 0 Å². The molecule has 0 aliphatic rings. The topological polar surface area (TPSA) is 59.4 Å². The van der Waals surface area contributed by atoms with Crippen molar-refractivity contribution >= 4 is 22.8 Å². The van der Waals surface area contributed by atoms with E-state index in [1.165, 1.54) is 0 Å². The van der Waals surface area contributed by atoms with E-state index in [0.29, 0.717) is 6.54 Å². The van der Waals surface area contributed by atoms with Gasteiger partial charge in [-0.05, 0) is 36.8 Å². The van der Waals surface area contributed by atoms with Crippen molar-refractivity contribution in [3.8, 4) is 11.4 Å². The second-order valence-electron chi connectivity index (χ2n) is 5.40. The Morgan fingerprint density at radius 1 is 1.22 bits per heavy atom. The van der Waals surface area contributed by atoms with E-state index in [0.717, 1.165) is 38.8 Å². The lowest BCUT2D eigenvalue weighted by molar-refractivity contribution is 0.696. The smallest absolute Gasteiger partial charge is 0.177 e. The molecule has 0 bridgehead atoms. The summed E-state index contributed by atoms with van der Waals surface area (Å²) in [5.41, 5.74) is 4.75. The van der Waals surface area contributed by atoms with Crippen LogP contribution in [0.4, 0.5) is 0 Å². The van der Waals surface area contributed by atoms with Crippen LogP contribution in [0.5, 0.6) is 0 Å². The number of pyridine rings is 1. The van der Waals surface area contributed by atoms with E-state index in [1.54, 1.807) is 12.4 Å². The van der Waals surface area contributed by atoms with Crippen LogP contribution in [0.1, 0.15) is 11.3 Å². The molecule has 0 radical (unpaired) electrons. The average molecular weight is 324 g/mol. The standard InChI is InChI=1S/C17H14ClN5/c1-11-15-17(21-16(20-15)13-5-3-7-19-9-13)23(22-11)10-12-4-2-6-14(18)8-12/h2-9H,10H2,1H3,(H,20,21). The summed E-state index contributed by atoms with van der Waals surface area (Å²) < 4.78 is 1.90. The molecule has 1 N–H and O–H groups in total. The van der Waals surface area contributed by atoms with Gasteiger partial charge in [0, 0.05) is 23.0 Å². The third-order valence-corrected chi connectivity index (χ3v) is 3.95. The largest absolute Gasteiger partial charge is 0.335 e. The van der Waals surface area contributed by atoms with Gasteiger partial charge in [0.2, 0.25) is 0 Å². The number of H-pyrrole nitrogens is 1. The molecule has 0 aliphatic heterocycles.